The van der Waals surface area contributed by atoms with E-state index >= 15 is 0 Å². The topological polar surface area (TPSA) is 53.6 Å². The average molecular weight is 416 g/mol. The zero-order valence-corrected chi connectivity index (χ0v) is 17.9. The van der Waals surface area contributed by atoms with Gasteiger partial charge in [0.05, 0.1) is 13.2 Å². The van der Waals surface area contributed by atoms with Gasteiger partial charge in [-0.15, -0.1) is 0 Å². The van der Waals surface area contributed by atoms with E-state index in [1.54, 1.807) is 7.11 Å². The van der Waals surface area contributed by atoms with Crippen LogP contribution in [0.3, 0.4) is 0 Å². The predicted octanol–water partition coefficient (Wildman–Crippen LogP) is 4.14. The molecule has 5 nitrogen and oxygen atoms in total. The normalized spacial score (nSPS) is 13.5. The molecule has 2 amide bonds. The molecule has 0 saturated carbocycles. The van der Waals surface area contributed by atoms with Gasteiger partial charge in [-0.05, 0) is 29.2 Å². The molecule has 31 heavy (non-hydrogen) atoms. The van der Waals surface area contributed by atoms with Crippen LogP contribution < -0.4 is 15.4 Å². The van der Waals surface area contributed by atoms with Crippen LogP contribution in [-0.4, -0.2) is 37.7 Å². The number of nitrogens with one attached hydrogen (secondary N) is 2. The van der Waals surface area contributed by atoms with Crippen molar-refractivity contribution in [2.45, 2.75) is 19.0 Å². The predicted molar refractivity (Wildman–Crippen MR) is 123 cm³/mol. The lowest BCUT2D eigenvalue weighted by Gasteiger charge is -2.30. The first-order valence-electron chi connectivity index (χ1n) is 10.8. The second kappa shape index (κ2) is 10.1. The average Bonchev–Trinajstić information content (AvgIpc) is 2.83. The molecular weight excluding hydrogens is 386 g/mol. The van der Waals surface area contributed by atoms with Gasteiger partial charge in [-0.3, -0.25) is 4.90 Å². The molecule has 5 heteroatoms. The summed E-state index contributed by atoms with van der Waals surface area (Å²) in [6, 6.07) is 26.0. The van der Waals surface area contributed by atoms with Crippen molar-refractivity contribution < 1.29 is 9.53 Å². The minimum Gasteiger partial charge on any atom is -0.496 e. The molecule has 3 aromatic carbocycles. The Hall–Kier alpha value is -3.31. The van der Waals surface area contributed by atoms with Gasteiger partial charge in [0.1, 0.15) is 5.75 Å². The highest BCUT2D eigenvalue weighted by molar-refractivity contribution is 5.75. The van der Waals surface area contributed by atoms with E-state index in [1.165, 1.54) is 11.1 Å². The molecule has 3 aromatic rings. The van der Waals surface area contributed by atoms with E-state index in [-0.39, 0.29) is 12.1 Å². The number of fused-ring (bicyclic) bond motifs is 1. The van der Waals surface area contributed by atoms with Crippen molar-refractivity contribution in [3.8, 4) is 5.75 Å². The van der Waals surface area contributed by atoms with E-state index in [0.29, 0.717) is 6.54 Å². The number of urea groups is 1. The maximum Gasteiger partial charge on any atom is 0.315 e. The van der Waals surface area contributed by atoms with Gasteiger partial charge in [0.15, 0.2) is 0 Å². The molecule has 0 spiro atoms. The fourth-order valence-corrected chi connectivity index (χ4v) is 4.15. The minimum atomic E-state index is -0.187. The van der Waals surface area contributed by atoms with Gasteiger partial charge in [-0.1, -0.05) is 72.8 Å². The fourth-order valence-electron chi connectivity index (χ4n) is 4.15. The van der Waals surface area contributed by atoms with Gasteiger partial charge in [0.2, 0.25) is 0 Å². The molecule has 0 radical (unpaired) electrons. The summed E-state index contributed by atoms with van der Waals surface area (Å²) in [5.41, 5.74) is 4.73. The van der Waals surface area contributed by atoms with Crippen molar-refractivity contribution in [3.05, 3.63) is 101 Å². The van der Waals surface area contributed by atoms with Crippen LogP contribution in [0.4, 0.5) is 4.79 Å². The van der Waals surface area contributed by atoms with E-state index in [2.05, 4.69) is 27.7 Å². The van der Waals surface area contributed by atoms with Gasteiger partial charge in [-0.25, -0.2) is 4.79 Å². The number of methoxy groups -OCH3 is 1. The van der Waals surface area contributed by atoms with Crippen molar-refractivity contribution in [2.24, 2.45) is 0 Å². The van der Waals surface area contributed by atoms with Crippen molar-refractivity contribution in [1.29, 1.82) is 0 Å². The third-order valence-electron chi connectivity index (χ3n) is 5.78. The summed E-state index contributed by atoms with van der Waals surface area (Å²) in [5, 5.41) is 6.16. The van der Waals surface area contributed by atoms with Crippen LogP contribution >= 0.6 is 0 Å². The number of ether oxygens (including phenoxy) is 1. The number of hydrogen-bond acceptors (Lipinski definition) is 3. The molecule has 4 rings (SSSR count). The van der Waals surface area contributed by atoms with E-state index in [9.17, 15) is 4.79 Å². The molecule has 0 bridgehead atoms. The highest BCUT2D eigenvalue weighted by Gasteiger charge is 2.20. The largest absolute Gasteiger partial charge is 0.496 e. The zero-order valence-electron chi connectivity index (χ0n) is 17.9. The number of carbonyl (C=O) groups is 1. The molecule has 0 unspecified atom stereocenters. The summed E-state index contributed by atoms with van der Waals surface area (Å²) in [6.07, 6.45) is 1.00. The molecule has 2 N–H and O–H groups in total. The molecule has 1 aliphatic rings. The molecule has 0 atom stereocenters. The number of carbonyl (C=O) groups excluding carboxylic acids is 1. The summed E-state index contributed by atoms with van der Waals surface area (Å²) in [7, 11) is 1.72. The highest BCUT2D eigenvalue weighted by atomic mass is 16.5. The third-order valence-corrected chi connectivity index (χ3v) is 5.78. The summed E-state index contributed by atoms with van der Waals surface area (Å²) >= 11 is 0. The van der Waals surface area contributed by atoms with Gasteiger partial charge in [-0.2, -0.15) is 0 Å². The first-order valence-corrected chi connectivity index (χ1v) is 10.8. The quantitative estimate of drug-likeness (QED) is 0.610. The molecule has 160 valence electrons. The molecule has 1 heterocycles. The Bertz CT molecular complexity index is 938. The highest BCUT2D eigenvalue weighted by Crippen LogP contribution is 2.27. The van der Waals surface area contributed by atoms with Gasteiger partial charge in [0, 0.05) is 31.7 Å². The monoisotopic (exact) mass is 415 g/mol. The van der Waals surface area contributed by atoms with Crippen LogP contribution in [0.25, 0.3) is 0 Å². The summed E-state index contributed by atoms with van der Waals surface area (Å²) in [5.74, 6) is 0.946. The van der Waals surface area contributed by atoms with E-state index in [1.807, 2.05) is 66.7 Å². The molecule has 0 saturated heterocycles. The lowest BCUT2D eigenvalue weighted by molar-refractivity contribution is 0.227. The molecule has 1 aliphatic heterocycles. The Labute approximate surface area is 184 Å². The summed E-state index contributed by atoms with van der Waals surface area (Å²) in [4.78, 5) is 15.0. The molecular formula is C26H29N3O2. The van der Waals surface area contributed by atoms with Crippen molar-refractivity contribution >= 4 is 6.03 Å². The number of benzene rings is 3. The third kappa shape index (κ3) is 5.25. The first-order chi connectivity index (χ1) is 15.2. The SMILES string of the molecule is COc1cccc2c1CN(CCNC(=O)NC(c1ccccc1)c1ccccc1)CC2. The number of rotatable bonds is 7. The molecule has 0 aliphatic carbocycles. The maximum atomic E-state index is 12.7. The van der Waals surface area contributed by atoms with Crippen molar-refractivity contribution in [1.82, 2.24) is 15.5 Å². The zero-order chi connectivity index (χ0) is 21.5. The first kappa shape index (κ1) is 20.9. The van der Waals surface area contributed by atoms with E-state index in [4.69, 9.17) is 4.74 Å². The van der Waals surface area contributed by atoms with Crippen LogP contribution in [0.5, 0.6) is 5.75 Å². The summed E-state index contributed by atoms with van der Waals surface area (Å²) < 4.78 is 5.53. The lowest BCUT2D eigenvalue weighted by atomic mass is 9.99. The van der Waals surface area contributed by atoms with Crippen LogP contribution in [0.1, 0.15) is 28.3 Å². The fraction of sp³-hybridized carbons (Fsp3) is 0.269. The minimum absolute atomic E-state index is 0.160. The Kier molecular flexibility index (Phi) is 6.85. The number of hydrogen-bond donors (Lipinski definition) is 2. The summed E-state index contributed by atoms with van der Waals surface area (Å²) in [6.45, 7) is 3.22. The second-order valence-corrected chi connectivity index (χ2v) is 7.78. The van der Waals surface area contributed by atoms with Crippen LogP contribution in [0.15, 0.2) is 78.9 Å². The Morgan fingerprint density at radius 1 is 0.968 bits per heavy atom. The van der Waals surface area contributed by atoms with E-state index < -0.39 is 0 Å². The van der Waals surface area contributed by atoms with Crippen molar-refractivity contribution in [3.63, 3.8) is 0 Å². The Morgan fingerprint density at radius 3 is 2.29 bits per heavy atom. The maximum absolute atomic E-state index is 12.7. The van der Waals surface area contributed by atoms with Gasteiger partial charge in [0.25, 0.3) is 0 Å². The second-order valence-electron chi connectivity index (χ2n) is 7.78. The number of nitrogens with zero attached hydrogens (tertiary/aromatic N) is 1. The molecule has 0 fully saturated rings. The van der Waals surface area contributed by atoms with Crippen molar-refractivity contribution in [2.75, 3.05) is 26.7 Å². The standard InChI is InChI=1S/C26H29N3O2/c1-31-24-14-8-13-20-15-17-29(19-23(20)24)18-16-27-26(30)28-25(21-9-4-2-5-10-21)22-11-6-3-7-12-22/h2-14,25H,15-19H2,1H3,(H2,27,28,30). The van der Waals surface area contributed by atoms with Gasteiger partial charge < -0.3 is 15.4 Å². The smallest absolute Gasteiger partial charge is 0.315 e. The van der Waals surface area contributed by atoms with Crippen LogP contribution in [0, 0.1) is 0 Å². The Morgan fingerprint density at radius 2 is 1.65 bits per heavy atom. The van der Waals surface area contributed by atoms with Crippen LogP contribution in [-0.2, 0) is 13.0 Å². The number of amides is 2. The lowest BCUT2D eigenvalue weighted by Crippen LogP contribution is -2.43. The van der Waals surface area contributed by atoms with Gasteiger partial charge >= 0.3 is 6.03 Å². The molecule has 0 aromatic heterocycles. The Balaban J connectivity index is 1.33. The van der Waals surface area contributed by atoms with Crippen LogP contribution in [0.2, 0.25) is 0 Å². The van der Waals surface area contributed by atoms with E-state index in [0.717, 1.165) is 42.9 Å².